The van der Waals surface area contributed by atoms with Crippen LogP contribution in [0, 0.1) is 13.8 Å². The van der Waals surface area contributed by atoms with Crippen LogP contribution < -0.4 is 15.6 Å². The standard InChI is InChI=1S/C32H43ClSi/c1-10-11-12-25-13-15-28(16-14-25)34(33,29-18-23(2)17-24(3)19-29)30-21-26(31(4,5)6)20-27(22-30)32(7,8)9/h13-22H,10-12H2,1-9H3. The van der Waals surface area contributed by atoms with E-state index >= 15 is 0 Å². The van der Waals surface area contributed by atoms with Gasteiger partial charge in [0.1, 0.15) is 0 Å². The van der Waals surface area contributed by atoms with Crippen molar-refractivity contribution in [2.75, 3.05) is 0 Å². The molecule has 0 spiro atoms. The van der Waals surface area contributed by atoms with Crippen LogP contribution in [0.15, 0.2) is 60.7 Å². The van der Waals surface area contributed by atoms with E-state index in [1.165, 1.54) is 56.2 Å². The molecule has 0 amide bonds. The van der Waals surface area contributed by atoms with E-state index in [-0.39, 0.29) is 10.8 Å². The Labute approximate surface area is 214 Å². The lowest BCUT2D eigenvalue weighted by molar-refractivity contribution is 0.569. The third-order valence-corrected chi connectivity index (χ3v) is 12.1. The number of hydrogen-bond acceptors (Lipinski definition) is 0. The molecule has 1 atom stereocenters. The van der Waals surface area contributed by atoms with Crippen molar-refractivity contribution in [2.45, 2.75) is 92.4 Å². The first-order valence-corrected chi connectivity index (χ1v) is 15.8. The summed E-state index contributed by atoms with van der Waals surface area (Å²) in [5, 5.41) is 3.84. The van der Waals surface area contributed by atoms with Crippen LogP contribution in [0.1, 0.15) is 89.1 Å². The Morgan fingerprint density at radius 3 is 1.56 bits per heavy atom. The Bertz CT molecular complexity index is 1080. The predicted molar refractivity (Wildman–Crippen MR) is 155 cm³/mol. The monoisotopic (exact) mass is 490 g/mol. The molecule has 0 saturated carbocycles. The van der Waals surface area contributed by atoms with Crippen LogP contribution in [-0.2, 0) is 17.3 Å². The zero-order chi connectivity index (χ0) is 25.3. The highest BCUT2D eigenvalue weighted by molar-refractivity contribution is 7.40. The second-order valence-electron chi connectivity index (χ2n) is 12.1. The highest BCUT2D eigenvalue weighted by atomic mass is 35.6. The van der Waals surface area contributed by atoms with Crippen molar-refractivity contribution >= 4 is 34.0 Å². The molecule has 2 heteroatoms. The van der Waals surface area contributed by atoms with Crippen LogP contribution in [0.3, 0.4) is 0 Å². The average Bonchev–Trinajstić information content (AvgIpc) is 2.75. The summed E-state index contributed by atoms with van der Waals surface area (Å²) in [6, 6.07) is 23.3. The Morgan fingerprint density at radius 1 is 0.647 bits per heavy atom. The molecule has 0 fully saturated rings. The van der Waals surface area contributed by atoms with Gasteiger partial charge in [0, 0.05) is 0 Å². The maximum absolute atomic E-state index is 8.00. The van der Waals surface area contributed by atoms with E-state index in [1.54, 1.807) is 0 Å². The molecular formula is C32H43ClSi. The van der Waals surface area contributed by atoms with E-state index in [0.29, 0.717) is 0 Å². The van der Waals surface area contributed by atoms with Crippen molar-refractivity contribution < 1.29 is 0 Å². The quantitative estimate of drug-likeness (QED) is 0.191. The molecule has 0 aromatic heterocycles. The normalized spacial score (nSPS) is 14.2. The SMILES string of the molecule is CCCCc1ccc([Si](Cl)(c2cc(C)cc(C)c2)c2cc(C(C)(C)C)cc(C(C)(C)C)c2)cc1. The van der Waals surface area contributed by atoms with Crippen LogP contribution in [0.4, 0.5) is 0 Å². The van der Waals surface area contributed by atoms with Gasteiger partial charge in [-0.2, -0.15) is 0 Å². The second-order valence-corrected chi connectivity index (χ2v) is 16.9. The maximum atomic E-state index is 8.00. The van der Waals surface area contributed by atoms with E-state index in [4.69, 9.17) is 11.1 Å². The lowest BCUT2D eigenvalue weighted by atomic mass is 9.81. The number of benzene rings is 3. The lowest BCUT2D eigenvalue weighted by Crippen LogP contribution is -2.63. The number of unbranched alkanes of at least 4 members (excludes halogenated alkanes) is 1. The Balaban J connectivity index is 2.32. The molecule has 0 nitrogen and oxygen atoms in total. The van der Waals surface area contributed by atoms with E-state index in [1.807, 2.05) is 0 Å². The minimum Gasteiger partial charge on any atom is -0.149 e. The molecule has 1 unspecified atom stereocenters. The van der Waals surface area contributed by atoms with Gasteiger partial charge in [-0.3, -0.25) is 0 Å². The molecule has 0 bridgehead atoms. The number of halogens is 1. The van der Waals surface area contributed by atoms with E-state index in [2.05, 4.69) is 123 Å². The van der Waals surface area contributed by atoms with Crippen molar-refractivity contribution in [1.29, 1.82) is 0 Å². The van der Waals surface area contributed by atoms with Gasteiger partial charge in [-0.25, -0.2) is 0 Å². The molecule has 0 heterocycles. The van der Waals surface area contributed by atoms with Gasteiger partial charge in [-0.05, 0) is 69.8 Å². The summed E-state index contributed by atoms with van der Waals surface area (Å²) in [7, 11) is -2.74. The van der Waals surface area contributed by atoms with Gasteiger partial charge in [0.15, 0.2) is 0 Å². The highest BCUT2D eigenvalue weighted by Crippen LogP contribution is 2.29. The number of aryl methyl sites for hydroxylation is 3. The van der Waals surface area contributed by atoms with Crippen LogP contribution in [0.5, 0.6) is 0 Å². The molecule has 3 rings (SSSR count). The lowest BCUT2D eigenvalue weighted by Gasteiger charge is -2.32. The summed E-state index contributed by atoms with van der Waals surface area (Å²) in [5.74, 6) is 0. The summed E-state index contributed by atoms with van der Waals surface area (Å²) < 4.78 is 0. The molecule has 0 N–H and O–H groups in total. The van der Waals surface area contributed by atoms with Crippen LogP contribution >= 0.6 is 11.1 Å². The fourth-order valence-electron chi connectivity index (χ4n) is 4.65. The third-order valence-electron chi connectivity index (χ3n) is 6.85. The molecule has 0 aliphatic carbocycles. The van der Waals surface area contributed by atoms with Crippen molar-refractivity contribution in [3.05, 3.63) is 88.5 Å². The maximum Gasteiger partial charge on any atom is 0.247 e. The molecule has 3 aromatic carbocycles. The first-order chi connectivity index (χ1) is 15.7. The van der Waals surface area contributed by atoms with Gasteiger partial charge in [0.05, 0.1) is 0 Å². The first-order valence-electron chi connectivity index (χ1n) is 12.8. The predicted octanol–water partition coefficient (Wildman–Crippen LogP) is 7.45. The summed E-state index contributed by atoms with van der Waals surface area (Å²) in [6.07, 6.45) is 3.57. The number of hydrogen-bond donors (Lipinski definition) is 0. The van der Waals surface area contributed by atoms with Crippen molar-refractivity contribution in [1.82, 2.24) is 0 Å². The molecule has 0 radical (unpaired) electrons. The Kier molecular flexibility index (Phi) is 7.90. The molecular weight excluding hydrogens is 448 g/mol. The van der Waals surface area contributed by atoms with Crippen molar-refractivity contribution in [2.24, 2.45) is 0 Å². The molecule has 0 aliphatic rings. The van der Waals surface area contributed by atoms with Gasteiger partial charge in [0.25, 0.3) is 0 Å². The fourth-order valence-corrected chi connectivity index (χ4v) is 8.87. The van der Waals surface area contributed by atoms with Gasteiger partial charge < -0.3 is 0 Å². The topological polar surface area (TPSA) is 0 Å². The smallest absolute Gasteiger partial charge is 0.149 e. The van der Waals surface area contributed by atoms with Crippen molar-refractivity contribution in [3.63, 3.8) is 0 Å². The van der Waals surface area contributed by atoms with Crippen LogP contribution in [0.2, 0.25) is 0 Å². The number of rotatable bonds is 6. The summed E-state index contributed by atoms with van der Waals surface area (Å²) >= 11 is 8.00. The Morgan fingerprint density at radius 2 is 1.12 bits per heavy atom. The van der Waals surface area contributed by atoms with Gasteiger partial charge >= 0.3 is 0 Å². The van der Waals surface area contributed by atoms with E-state index < -0.39 is 7.38 Å². The van der Waals surface area contributed by atoms with Gasteiger partial charge in [-0.1, -0.05) is 127 Å². The Hall–Kier alpha value is -1.83. The molecule has 3 aromatic rings. The fraction of sp³-hybridized carbons (Fsp3) is 0.438. The summed E-state index contributed by atoms with van der Waals surface area (Å²) in [4.78, 5) is 0. The van der Waals surface area contributed by atoms with Crippen molar-refractivity contribution in [3.8, 4) is 0 Å². The zero-order valence-corrected chi connectivity index (χ0v) is 24.5. The summed E-state index contributed by atoms with van der Waals surface area (Å²) in [5.41, 5.74) is 6.76. The minimum absolute atomic E-state index is 0.0503. The second kappa shape index (κ2) is 10.0. The largest absolute Gasteiger partial charge is 0.247 e. The van der Waals surface area contributed by atoms with E-state index in [0.717, 1.165) is 6.42 Å². The molecule has 182 valence electrons. The highest BCUT2D eigenvalue weighted by Gasteiger charge is 2.39. The molecule has 0 saturated heterocycles. The van der Waals surface area contributed by atoms with Crippen LogP contribution in [0.25, 0.3) is 0 Å². The summed E-state index contributed by atoms with van der Waals surface area (Å²) in [6.45, 7) is 20.4. The van der Waals surface area contributed by atoms with Crippen LogP contribution in [-0.4, -0.2) is 7.38 Å². The average molecular weight is 491 g/mol. The molecule has 0 aliphatic heterocycles. The first kappa shape index (κ1) is 26.8. The molecule has 34 heavy (non-hydrogen) atoms. The van der Waals surface area contributed by atoms with Gasteiger partial charge in [-0.15, -0.1) is 11.1 Å². The third kappa shape index (κ3) is 5.86. The van der Waals surface area contributed by atoms with E-state index in [9.17, 15) is 0 Å². The zero-order valence-electron chi connectivity index (χ0n) is 22.8. The van der Waals surface area contributed by atoms with Gasteiger partial charge in [0.2, 0.25) is 7.38 Å². The minimum atomic E-state index is -2.74.